The number of carboxylic acids is 1. The number of nitrogens with zero attached hydrogens (tertiary/aromatic N) is 2. The van der Waals surface area contributed by atoms with Gasteiger partial charge in [0.05, 0.1) is 6.20 Å². The van der Waals surface area contributed by atoms with Gasteiger partial charge in [-0.25, -0.2) is 4.98 Å². The third-order valence-electron chi connectivity index (χ3n) is 0.657. The number of nitrogens with one attached hydrogen (secondary N) is 1. The monoisotopic (exact) mass is 173 g/mol. The molecule has 0 amide bonds. The van der Waals surface area contributed by atoms with Gasteiger partial charge in [0.25, 0.3) is 5.97 Å². The van der Waals surface area contributed by atoms with Gasteiger partial charge < -0.3 is 15.2 Å². The Morgan fingerprint density at radius 3 is 2.50 bits per heavy atom. The van der Waals surface area contributed by atoms with Gasteiger partial charge in [0.15, 0.2) is 0 Å². The summed E-state index contributed by atoms with van der Waals surface area (Å²) >= 11 is 0. The van der Waals surface area contributed by atoms with Gasteiger partial charge in [-0.15, -0.1) is 0 Å². The number of hydrogen-bond donors (Lipinski definition) is 2. The predicted octanol–water partition coefficient (Wildman–Crippen LogP) is 0.409. The van der Waals surface area contributed by atoms with E-state index < -0.39 is 10.9 Å². The number of carboxylic acid groups (broad SMARTS) is 1. The van der Waals surface area contributed by atoms with Crippen LogP contribution in [0, 0.1) is 10.1 Å². The normalized spacial score (nSPS) is 8.08. The summed E-state index contributed by atoms with van der Waals surface area (Å²) in [7, 11) is 0. The van der Waals surface area contributed by atoms with Crippen molar-refractivity contribution in [2.75, 3.05) is 0 Å². The molecule has 66 valence electrons. The van der Waals surface area contributed by atoms with Crippen molar-refractivity contribution in [3.8, 4) is 0 Å². The molecule has 0 aliphatic rings. The maximum atomic E-state index is 9.77. The van der Waals surface area contributed by atoms with Gasteiger partial charge in [0.2, 0.25) is 0 Å². The van der Waals surface area contributed by atoms with Gasteiger partial charge in [-0.3, -0.25) is 4.79 Å². The second-order valence-corrected chi connectivity index (χ2v) is 1.69. The molecule has 12 heavy (non-hydrogen) atoms. The molecule has 1 aromatic heterocycles. The van der Waals surface area contributed by atoms with Gasteiger partial charge in [-0.1, -0.05) is 4.98 Å². The van der Waals surface area contributed by atoms with Crippen LogP contribution in [0.2, 0.25) is 0 Å². The van der Waals surface area contributed by atoms with E-state index in [0.29, 0.717) is 0 Å². The van der Waals surface area contributed by atoms with E-state index in [2.05, 4.69) is 9.97 Å². The molecule has 0 aromatic carbocycles. The first kappa shape index (κ1) is 10.1. The number of aromatic amines is 1. The Morgan fingerprint density at radius 2 is 2.33 bits per heavy atom. The van der Waals surface area contributed by atoms with Crippen molar-refractivity contribution < 1.29 is 14.8 Å². The van der Waals surface area contributed by atoms with Crippen molar-refractivity contribution in [3.05, 3.63) is 22.5 Å². The van der Waals surface area contributed by atoms with Gasteiger partial charge in [-0.2, -0.15) is 0 Å². The third-order valence-corrected chi connectivity index (χ3v) is 0.657. The molecule has 0 aliphatic carbocycles. The number of nitro groups is 1. The molecule has 0 aliphatic heterocycles. The molecule has 1 rings (SSSR count). The van der Waals surface area contributed by atoms with Crippen LogP contribution in [0.4, 0.5) is 5.95 Å². The quantitative estimate of drug-likeness (QED) is 0.472. The predicted molar refractivity (Wildman–Crippen MR) is 38.6 cm³/mol. The highest BCUT2D eigenvalue weighted by Crippen LogP contribution is 1.96. The molecule has 1 aromatic rings. The first-order valence-electron chi connectivity index (χ1n) is 2.87. The average Bonchev–Trinajstić information content (AvgIpc) is 2.34. The zero-order valence-corrected chi connectivity index (χ0v) is 6.22. The number of carbonyl (C=O) groups is 1. The van der Waals surface area contributed by atoms with Crippen LogP contribution in [0.25, 0.3) is 0 Å². The second kappa shape index (κ2) is 4.83. The summed E-state index contributed by atoms with van der Waals surface area (Å²) in [6.45, 7) is 1.08. The molecular weight excluding hydrogens is 166 g/mol. The van der Waals surface area contributed by atoms with Crippen molar-refractivity contribution in [1.82, 2.24) is 9.97 Å². The second-order valence-electron chi connectivity index (χ2n) is 1.69. The molecule has 0 spiro atoms. The lowest BCUT2D eigenvalue weighted by Gasteiger charge is -1.83. The molecule has 0 bridgehead atoms. The van der Waals surface area contributed by atoms with Gasteiger partial charge in [0, 0.05) is 6.92 Å². The summed E-state index contributed by atoms with van der Waals surface area (Å²) in [4.78, 5) is 23.9. The fourth-order valence-electron chi connectivity index (χ4n) is 0.357. The molecule has 0 fully saturated rings. The first-order valence-corrected chi connectivity index (χ1v) is 2.87. The molecule has 0 saturated carbocycles. The molecule has 0 saturated heterocycles. The lowest BCUT2D eigenvalue weighted by molar-refractivity contribution is -0.393. The highest BCUT2D eigenvalue weighted by atomic mass is 16.6. The minimum absolute atomic E-state index is 0.218. The summed E-state index contributed by atoms with van der Waals surface area (Å²) in [5.74, 6) is -1.05. The highest BCUT2D eigenvalue weighted by molar-refractivity contribution is 5.62. The van der Waals surface area contributed by atoms with E-state index in [0.717, 1.165) is 6.92 Å². The standard InChI is InChI=1S/C3H3N3O2.C2H4O2/c7-6(8)3-4-1-2-5-3;1-2(3)4/h1-2H,(H,4,5);1H3,(H,3,4). The lowest BCUT2D eigenvalue weighted by atomic mass is 10.9. The molecule has 7 heteroatoms. The van der Waals surface area contributed by atoms with Crippen molar-refractivity contribution in [2.24, 2.45) is 0 Å². The molecule has 0 unspecified atom stereocenters. The largest absolute Gasteiger partial charge is 0.481 e. The summed E-state index contributed by atoms with van der Waals surface area (Å²) < 4.78 is 0. The van der Waals surface area contributed by atoms with Crippen LogP contribution in [-0.2, 0) is 4.79 Å². The summed E-state index contributed by atoms with van der Waals surface area (Å²) in [6.07, 6.45) is 2.73. The minimum atomic E-state index is -0.833. The Kier molecular flexibility index (Phi) is 4.06. The van der Waals surface area contributed by atoms with Crippen LogP contribution < -0.4 is 0 Å². The van der Waals surface area contributed by atoms with Gasteiger partial charge in [-0.05, 0) is 4.92 Å². The Morgan fingerprint density at radius 1 is 1.83 bits per heavy atom. The fourth-order valence-corrected chi connectivity index (χ4v) is 0.357. The zero-order chi connectivity index (χ0) is 9.56. The average molecular weight is 173 g/mol. The maximum Gasteiger partial charge on any atom is 0.432 e. The molecule has 7 nitrogen and oxygen atoms in total. The van der Waals surface area contributed by atoms with Gasteiger partial charge >= 0.3 is 5.95 Å². The van der Waals surface area contributed by atoms with Crippen molar-refractivity contribution >= 4 is 11.9 Å². The van der Waals surface area contributed by atoms with Crippen LogP contribution in [0.1, 0.15) is 6.92 Å². The van der Waals surface area contributed by atoms with E-state index in [1.165, 1.54) is 12.4 Å². The Bertz CT molecular complexity index is 252. The molecule has 0 radical (unpaired) electrons. The van der Waals surface area contributed by atoms with Gasteiger partial charge in [0.1, 0.15) is 6.20 Å². The fraction of sp³-hybridized carbons (Fsp3) is 0.200. The number of aromatic nitrogens is 2. The minimum Gasteiger partial charge on any atom is -0.481 e. The summed E-state index contributed by atoms with van der Waals surface area (Å²) in [5.41, 5.74) is 0. The van der Waals surface area contributed by atoms with Crippen LogP contribution >= 0.6 is 0 Å². The number of H-pyrrole nitrogens is 1. The highest BCUT2D eigenvalue weighted by Gasteiger charge is 2.01. The maximum absolute atomic E-state index is 9.77. The smallest absolute Gasteiger partial charge is 0.432 e. The molecule has 1 heterocycles. The number of rotatable bonds is 1. The van der Waals surface area contributed by atoms with Crippen LogP contribution in [0.3, 0.4) is 0 Å². The lowest BCUT2D eigenvalue weighted by Crippen LogP contribution is -1.88. The van der Waals surface area contributed by atoms with E-state index in [1.807, 2.05) is 0 Å². The summed E-state index contributed by atoms with van der Waals surface area (Å²) in [6, 6.07) is 0. The number of aliphatic carboxylic acids is 1. The van der Waals surface area contributed by atoms with Crippen LogP contribution in [-0.4, -0.2) is 26.0 Å². The third kappa shape index (κ3) is 4.91. The topological polar surface area (TPSA) is 109 Å². The SMILES string of the molecule is CC(=O)O.O=[N+]([O-])c1ncc[nH]1. The van der Waals surface area contributed by atoms with E-state index in [1.54, 1.807) is 0 Å². The number of imidazole rings is 1. The first-order chi connectivity index (χ1) is 5.54. The van der Waals surface area contributed by atoms with E-state index in [9.17, 15) is 10.1 Å². The van der Waals surface area contributed by atoms with E-state index >= 15 is 0 Å². The Hall–Kier alpha value is -1.92. The molecular formula is C5H7N3O4. The number of hydrogen-bond acceptors (Lipinski definition) is 4. The van der Waals surface area contributed by atoms with Crippen LogP contribution in [0.5, 0.6) is 0 Å². The Labute approximate surface area is 67.2 Å². The van der Waals surface area contributed by atoms with Crippen molar-refractivity contribution in [2.45, 2.75) is 6.92 Å². The zero-order valence-electron chi connectivity index (χ0n) is 6.22. The van der Waals surface area contributed by atoms with Crippen molar-refractivity contribution in [3.63, 3.8) is 0 Å². The van der Waals surface area contributed by atoms with E-state index in [-0.39, 0.29) is 5.95 Å². The van der Waals surface area contributed by atoms with E-state index in [4.69, 9.17) is 9.90 Å². The summed E-state index contributed by atoms with van der Waals surface area (Å²) in [5, 5.41) is 17.2. The molecule has 2 N–H and O–H groups in total. The van der Waals surface area contributed by atoms with Crippen molar-refractivity contribution in [1.29, 1.82) is 0 Å². The Balaban J connectivity index is 0.000000261. The molecule has 0 atom stereocenters. The van der Waals surface area contributed by atoms with Crippen LogP contribution in [0.15, 0.2) is 12.4 Å².